The summed E-state index contributed by atoms with van der Waals surface area (Å²) in [5.74, 6) is -0.387. The minimum Gasteiger partial charge on any atom is -0.453 e. The summed E-state index contributed by atoms with van der Waals surface area (Å²) in [7, 11) is 0. The van der Waals surface area contributed by atoms with Gasteiger partial charge in [0.25, 0.3) is 5.69 Å². The zero-order valence-corrected chi connectivity index (χ0v) is 15.0. The van der Waals surface area contributed by atoms with E-state index < -0.39 is 10.7 Å². The van der Waals surface area contributed by atoms with E-state index in [1.165, 1.54) is 23.5 Å². The minimum absolute atomic E-state index is 0.0668. The number of fused-ring (bicyclic) bond motifs is 1. The molecule has 0 amide bonds. The minimum atomic E-state index is -0.785. The van der Waals surface area contributed by atoms with Gasteiger partial charge in [0.2, 0.25) is 0 Å². The van der Waals surface area contributed by atoms with E-state index in [-0.39, 0.29) is 17.5 Å². The van der Waals surface area contributed by atoms with E-state index in [0.29, 0.717) is 12.4 Å². The van der Waals surface area contributed by atoms with E-state index in [2.05, 4.69) is 10.3 Å². The number of ether oxygens (including phenoxy) is 2. The number of morpholine rings is 1. The molecule has 27 heavy (non-hydrogen) atoms. The van der Waals surface area contributed by atoms with Crippen LogP contribution in [0, 0.1) is 15.9 Å². The van der Waals surface area contributed by atoms with Crippen LogP contribution in [-0.4, -0.2) is 35.7 Å². The third-order valence-electron chi connectivity index (χ3n) is 4.21. The van der Waals surface area contributed by atoms with Gasteiger partial charge in [-0.05, 0) is 12.1 Å². The van der Waals surface area contributed by atoms with Crippen molar-refractivity contribution >= 4 is 27.2 Å². The van der Waals surface area contributed by atoms with E-state index >= 15 is 0 Å². The highest BCUT2D eigenvalue weighted by atomic mass is 32.1. The number of nitro groups is 1. The van der Waals surface area contributed by atoms with Crippen LogP contribution in [0.5, 0.6) is 11.5 Å². The molecule has 1 aliphatic heterocycles. The number of non-ortho nitro benzene ring substituents is 1. The van der Waals surface area contributed by atoms with Gasteiger partial charge in [-0.15, -0.1) is 11.3 Å². The molecule has 2 aromatic heterocycles. The molecule has 0 saturated carbocycles. The summed E-state index contributed by atoms with van der Waals surface area (Å²) in [5.41, 5.74) is 0.442. The quantitative estimate of drug-likeness (QED) is 0.529. The van der Waals surface area contributed by atoms with Crippen LogP contribution in [0.4, 0.5) is 10.1 Å². The Morgan fingerprint density at radius 3 is 3.00 bits per heavy atom. The van der Waals surface area contributed by atoms with Crippen molar-refractivity contribution in [3.8, 4) is 11.5 Å². The Labute approximate surface area is 157 Å². The molecule has 1 unspecified atom stereocenters. The number of nitro benzene ring substituents is 1. The first kappa shape index (κ1) is 17.8. The number of pyridine rings is 1. The molecule has 1 saturated heterocycles. The van der Waals surface area contributed by atoms with Crippen LogP contribution in [0.25, 0.3) is 10.2 Å². The number of rotatable bonds is 5. The highest BCUT2D eigenvalue weighted by molar-refractivity contribution is 7.19. The maximum Gasteiger partial charge on any atom is 0.272 e. The van der Waals surface area contributed by atoms with Crippen LogP contribution in [0.15, 0.2) is 36.5 Å². The van der Waals surface area contributed by atoms with E-state index in [1.54, 1.807) is 12.3 Å². The Morgan fingerprint density at radius 2 is 2.26 bits per heavy atom. The predicted molar refractivity (Wildman–Crippen MR) is 99.1 cm³/mol. The highest BCUT2D eigenvalue weighted by Gasteiger charge is 2.18. The fourth-order valence-electron chi connectivity index (χ4n) is 2.92. The Bertz CT molecular complexity index is 988. The fourth-order valence-corrected chi connectivity index (χ4v) is 4.05. The summed E-state index contributed by atoms with van der Waals surface area (Å²) in [6.07, 6.45) is 2.47. The number of nitrogens with one attached hydrogen (secondary N) is 1. The van der Waals surface area contributed by atoms with Gasteiger partial charge >= 0.3 is 0 Å². The molecule has 3 heterocycles. The molecule has 140 valence electrons. The Balaban J connectivity index is 1.59. The largest absolute Gasteiger partial charge is 0.453 e. The molecule has 4 rings (SSSR count). The summed E-state index contributed by atoms with van der Waals surface area (Å²) in [4.78, 5) is 15.5. The second-order valence-electron chi connectivity index (χ2n) is 6.11. The lowest BCUT2D eigenvalue weighted by atomic mass is 10.2. The first-order chi connectivity index (χ1) is 13.1. The van der Waals surface area contributed by atoms with E-state index in [0.717, 1.165) is 40.7 Å². The second-order valence-corrected chi connectivity index (χ2v) is 7.25. The van der Waals surface area contributed by atoms with Crippen LogP contribution < -0.4 is 10.1 Å². The zero-order chi connectivity index (χ0) is 18.8. The molecular formula is C18H16FN3O4S. The molecule has 1 fully saturated rings. The molecule has 0 aliphatic carbocycles. The van der Waals surface area contributed by atoms with Gasteiger partial charge in [-0.2, -0.15) is 0 Å². The summed E-state index contributed by atoms with van der Waals surface area (Å²) in [5, 5.41) is 14.0. The SMILES string of the molecule is O=[N+]([O-])c1ccc(Oc2ccnc3cc(CC4CNCCO4)sc23)c(F)c1. The van der Waals surface area contributed by atoms with Crippen molar-refractivity contribution in [1.82, 2.24) is 10.3 Å². The first-order valence-electron chi connectivity index (χ1n) is 8.41. The van der Waals surface area contributed by atoms with Gasteiger partial charge < -0.3 is 14.8 Å². The normalized spacial score (nSPS) is 17.1. The molecule has 3 aromatic rings. The fraction of sp³-hybridized carbons (Fsp3) is 0.278. The molecule has 1 atom stereocenters. The smallest absolute Gasteiger partial charge is 0.272 e. The summed E-state index contributed by atoms with van der Waals surface area (Å²) >= 11 is 1.52. The van der Waals surface area contributed by atoms with Gasteiger partial charge in [0, 0.05) is 42.7 Å². The lowest BCUT2D eigenvalue weighted by Gasteiger charge is -2.22. The summed E-state index contributed by atoms with van der Waals surface area (Å²) in [6.45, 7) is 2.36. The van der Waals surface area contributed by atoms with Gasteiger partial charge in [-0.25, -0.2) is 4.39 Å². The van der Waals surface area contributed by atoms with Crippen molar-refractivity contribution in [1.29, 1.82) is 0 Å². The maximum absolute atomic E-state index is 14.1. The monoisotopic (exact) mass is 389 g/mol. The molecular weight excluding hydrogens is 373 g/mol. The molecule has 0 spiro atoms. The van der Waals surface area contributed by atoms with Gasteiger partial charge in [-0.1, -0.05) is 0 Å². The standard InChI is InChI=1S/C18H16FN3O4S/c19-14-7-11(22(23)24)1-2-16(14)26-17-3-4-21-15-9-13(27-18(15)17)8-12-10-20-5-6-25-12/h1-4,7,9,12,20H,5-6,8,10H2. The third kappa shape index (κ3) is 3.90. The molecule has 7 nitrogen and oxygen atoms in total. The van der Waals surface area contributed by atoms with E-state index in [1.807, 2.05) is 6.07 Å². The van der Waals surface area contributed by atoms with Crippen molar-refractivity contribution in [2.75, 3.05) is 19.7 Å². The van der Waals surface area contributed by atoms with Crippen LogP contribution >= 0.6 is 11.3 Å². The molecule has 9 heteroatoms. The van der Waals surface area contributed by atoms with Crippen molar-refractivity contribution in [2.24, 2.45) is 0 Å². The molecule has 1 aliphatic rings. The maximum atomic E-state index is 14.1. The Morgan fingerprint density at radius 1 is 1.37 bits per heavy atom. The number of hydrogen-bond donors (Lipinski definition) is 1. The molecule has 0 radical (unpaired) electrons. The molecule has 1 aromatic carbocycles. The predicted octanol–water partition coefficient (Wildman–Crippen LogP) is 3.67. The van der Waals surface area contributed by atoms with E-state index in [4.69, 9.17) is 9.47 Å². The van der Waals surface area contributed by atoms with Crippen molar-refractivity contribution in [3.63, 3.8) is 0 Å². The first-order valence-corrected chi connectivity index (χ1v) is 9.23. The zero-order valence-electron chi connectivity index (χ0n) is 14.2. The summed E-state index contributed by atoms with van der Waals surface area (Å²) in [6, 6.07) is 6.96. The highest BCUT2D eigenvalue weighted by Crippen LogP contribution is 2.36. The van der Waals surface area contributed by atoms with Crippen LogP contribution in [0.3, 0.4) is 0 Å². The van der Waals surface area contributed by atoms with Gasteiger partial charge in [0.15, 0.2) is 11.6 Å². The van der Waals surface area contributed by atoms with Crippen molar-refractivity contribution in [3.05, 3.63) is 57.3 Å². The Hall–Kier alpha value is -2.62. The topological polar surface area (TPSA) is 86.5 Å². The number of thiophene rings is 1. The third-order valence-corrected chi connectivity index (χ3v) is 5.37. The average Bonchev–Trinajstić information content (AvgIpc) is 3.07. The number of aromatic nitrogens is 1. The Kier molecular flexibility index (Phi) is 4.97. The van der Waals surface area contributed by atoms with Crippen LogP contribution in [-0.2, 0) is 11.2 Å². The number of hydrogen-bond acceptors (Lipinski definition) is 7. The lowest BCUT2D eigenvalue weighted by molar-refractivity contribution is -0.385. The van der Waals surface area contributed by atoms with Gasteiger partial charge in [0.05, 0.1) is 33.9 Å². The molecule has 1 N–H and O–H groups in total. The summed E-state index contributed by atoms with van der Waals surface area (Å²) < 4.78 is 26.4. The van der Waals surface area contributed by atoms with Crippen LogP contribution in [0.2, 0.25) is 0 Å². The van der Waals surface area contributed by atoms with Crippen molar-refractivity contribution in [2.45, 2.75) is 12.5 Å². The van der Waals surface area contributed by atoms with Crippen molar-refractivity contribution < 1.29 is 18.8 Å². The number of benzene rings is 1. The van der Waals surface area contributed by atoms with E-state index in [9.17, 15) is 14.5 Å². The lowest BCUT2D eigenvalue weighted by Crippen LogP contribution is -2.39. The van der Waals surface area contributed by atoms with Gasteiger partial charge in [-0.3, -0.25) is 15.1 Å². The molecule has 0 bridgehead atoms. The number of nitrogens with zero attached hydrogens (tertiary/aromatic N) is 2. The second kappa shape index (κ2) is 7.55. The average molecular weight is 389 g/mol. The van der Waals surface area contributed by atoms with Crippen LogP contribution in [0.1, 0.15) is 4.88 Å². The number of halogens is 1. The van der Waals surface area contributed by atoms with Gasteiger partial charge in [0.1, 0.15) is 5.75 Å².